The van der Waals surface area contributed by atoms with Gasteiger partial charge in [-0.25, -0.2) is 9.97 Å². The number of benzene rings is 1. The van der Waals surface area contributed by atoms with Gasteiger partial charge in [0.2, 0.25) is 0 Å². The molecule has 1 aliphatic rings. The third-order valence-electron chi connectivity index (χ3n) is 3.17. The Kier molecular flexibility index (Phi) is 3.71. The van der Waals surface area contributed by atoms with Crippen LogP contribution in [0.2, 0.25) is 0 Å². The van der Waals surface area contributed by atoms with Crippen LogP contribution in [0.1, 0.15) is 11.9 Å². The lowest BCUT2D eigenvalue weighted by molar-refractivity contribution is 0.0102. The van der Waals surface area contributed by atoms with E-state index < -0.39 is 5.56 Å². The van der Waals surface area contributed by atoms with Crippen molar-refractivity contribution >= 4 is 23.0 Å². The van der Waals surface area contributed by atoms with E-state index in [1.807, 2.05) is 24.3 Å². The maximum atomic E-state index is 6.19. The summed E-state index contributed by atoms with van der Waals surface area (Å²) in [6, 6.07) is 9.50. The van der Waals surface area contributed by atoms with E-state index in [2.05, 4.69) is 14.9 Å². The van der Waals surface area contributed by atoms with Crippen molar-refractivity contribution in [1.29, 1.82) is 0 Å². The van der Waals surface area contributed by atoms with Gasteiger partial charge in [-0.3, -0.25) is 0 Å². The first-order valence-electron chi connectivity index (χ1n) is 6.39. The van der Waals surface area contributed by atoms with Crippen molar-refractivity contribution in [2.24, 2.45) is 0 Å². The van der Waals surface area contributed by atoms with Gasteiger partial charge in [-0.2, -0.15) is 0 Å². The van der Waals surface area contributed by atoms with Crippen LogP contribution in [-0.4, -0.2) is 28.6 Å². The second kappa shape index (κ2) is 5.64. The fourth-order valence-electron chi connectivity index (χ4n) is 2.26. The zero-order valence-electron chi connectivity index (χ0n) is 10.8. The smallest absolute Gasteiger partial charge is 0.158 e. The van der Waals surface area contributed by atoms with Crippen LogP contribution in [0.5, 0.6) is 0 Å². The minimum absolute atomic E-state index is 0.242. The average molecular weight is 291 g/mol. The Hall–Kier alpha value is -1.85. The lowest BCUT2D eigenvalue weighted by atomic mass is 10.2. The highest BCUT2D eigenvalue weighted by Crippen LogP contribution is 2.28. The normalized spacial score (nSPS) is 22.8. The first-order chi connectivity index (χ1) is 9.72. The van der Waals surface area contributed by atoms with Gasteiger partial charge in [-0.15, -0.1) is 0 Å². The number of hydrogen-bond acceptors (Lipinski definition) is 5. The van der Waals surface area contributed by atoms with Crippen LogP contribution in [0.15, 0.2) is 42.7 Å². The lowest BCUT2D eigenvalue weighted by Gasteiger charge is -2.36. The van der Waals surface area contributed by atoms with Crippen molar-refractivity contribution in [2.75, 3.05) is 23.7 Å². The van der Waals surface area contributed by atoms with Crippen LogP contribution >= 0.6 is 11.6 Å². The van der Waals surface area contributed by atoms with Crippen molar-refractivity contribution in [3.8, 4) is 0 Å². The van der Waals surface area contributed by atoms with Crippen LogP contribution in [-0.2, 0) is 4.74 Å². The van der Waals surface area contributed by atoms with Crippen molar-refractivity contribution in [3.05, 3.63) is 48.5 Å². The van der Waals surface area contributed by atoms with Gasteiger partial charge >= 0.3 is 0 Å². The predicted molar refractivity (Wildman–Crippen MR) is 78.6 cm³/mol. The van der Waals surface area contributed by atoms with E-state index in [4.69, 9.17) is 22.1 Å². The molecule has 5 nitrogen and oxygen atoms in total. The molecule has 0 spiro atoms. The van der Waals surface area contributed by atoms with Crippen LogP contribution in [0.4, 0.5) is 11.4 Å². The number of anilines is 2. The molecule has 6 heteroatoms. The Morgan fingerprint density at radius 3 is 2.75 bits per heavy atom. The average Bonchev–Trinajstić information content (AvgIpc) is 2.47. The molecule has 2 aromatic rings. The largest absolute Gasteiger partial charge is 0.399 e. The Morgan fingerprint density at radius 2 is 2.00 bits per heavy atom. The summed E-state index contributed by atoms with van der Waals surface area (Å²) in [6.07, 6.45) is 3.16. The van der Waals surface area contributed by atoms with Crippen LogP contribution < -0.4 is 10.6 Å². The molecule has 1 aromatic carbocycles. The molecular weight excluding hydrogens is 276 g/mol. The van der Waals surface area contributed by atoms with Crippen molar-refractivity contribution in [3.63, 3.8) is 0 Å². The van der Waals surface area contributed by atoms with Gasteiger partial charge in [0, 0.05) is 23.8 Å². The van der Waals surface area contributed by atoms with Gasteiger partial charge in [0.1, 0.15) is 11.7 Å². The zero-order chi connectivity index (χ0) is 13.9. The SMILES string of the molecule is Nc1cccc(N2CC(Cl)OC(c3ncccn3)C2)c1. The van der Waals surface area contributed by atoms with E-state index in [-0.39, 0.29) is 6.10 Å². The molecule has 0 amide bonds. The number of nitrogen functional groups attached to an aromatic ring is 1. The molecule has 0 saturated carbocycles. The number of morpholine rings is 1. The second-order valence-corrected chi connectivity index (χ2v) is 5.13. The number of nitrogens with two attached hydrogens (primary N) is 1. The van der Waals surface area contributed by atoms with Gasteiger partial charge in [-0.05, 0) is 24.3 Å². The molecule has 0 aliphatic carbocycles. The van der Waals surface area contributed by atoms with E-state index in [1.165, 1.54) is 0 Å². The van der Waals surface area contributed by atoms with Gasteiger partial charge in [0.15, 0.2) is 5.82 Å². The molecule has 2 N–H and O–H groups in total. The molecule has 2 heterocycles. The number of ether oxygens (including phenoxy) is 1. The van der Waals surface area contributed by atoms with Crippen LogP contribution in [0, 0.1) is 0 Å². The fourth-order valence-corrected chi connectivity index (χ4v) is 2.55. The summed E-state index contributed by atoms with van der Waals surface area (Å²) >= 11 is 6.19. The summed E-state index contributed by atoms with van der Waals surface area (Å²) in [5.74, 6) is 0.645. The van der Waals surface area contributed by atoms with Gasteiger partial charge in [0.25, 0.3) is 0 Å². The first kappa shape index (κ1) is 13.1. The second-order valence-electron chi connectivity index (χ2n) is 4.64. The van der Waals surface area contributed by atoms with E-state index in [0.29, 0.717) is 18.9 Å². The Bertz CT molecular complexity index is 580. The fraction of sp³-hybridized carbons (Fsp3) is 0.286. The zero-order valence-corrected chi connectivity index (χ0v) is 11.6. The van der Waals surface area contributed by atoms with E-state index in [9.17, 15) is 0 Å². The van der Waals surface area contributed by atoms with Gasteiger partial charge < -0.3 is 15.4 Å². The highest BCUT2D eigenvalue weighted by molar-refractivity contribution is 6.20. The molecule has 0 bridgehead atoms. The topological polar surface area (TPSA) is 64.3 Å². The van der Waals surface area contributed by atoms with Crippen molar-refractivity contribution < 1.29 is 4.74 Å². The summed E-state index contributed by atoms with van der Waals surface area (Å²) in [7, 11) is 0. The summed E-state index contributed by atoms with van der Waals surface area (Å²) < 4.78 is 5.72. The monoisotopic (exact) mass is 290 g/mol. The molecule has 2 atom stereocenters. The quantitative estimate of drug-likeness (QED) is 0.678. The Balaban J connectivity index is 1.83. The number of rotatable bonds is 2. The summed E-state index contributed by atoms with van der Waals surface area (Å²) in [5, 5.41) is 0. The standard InChI is InChI=1S/C14H15ClN4O/c15-13-9-19(11-4-1-3-10(16)7-11)8-12(20-13)14-17-5-2-6-18-14/h1-7,12-13H,8-9,16H2. The number of hydrogen-bond donors (Lipinski definition) is 1. The van der Waals surface area contributed by atoms with Crippen LogP contribution in [0.25, 0.3) is 0 Å². The summed E-state index contributed by atoms with van der Waals surface area (Å²) in [6.45, 7) is 1.25. The predicted octanol–water partition coefficient (Wildman–Crippen LogP) is 2.20. The third-order valence-corrected chi connectivity index (χ3v) is 3.41. The van der Waals surface area contributed by atoms with Gasteiger partial charge in [-0.1, -0.05) is 17.7 Å². The number of aromatic nitrogens is 2. The molecule has 1 fully saturated rings. The minimum atomic E-state index is -0.404. The molecule has 1 aromatic heterocycles. The van der Waals surface area contributed by atoms with Gasteiger partial charge in [0.05, 0.1) is 13.1 Å². The molecule has 20 heavy (non-hydrogen) atoms. The summed E-state index contributed by atoms with van der Waals surface area (Å²) in [4.78, 5) is 10.6. The Morgan fingerprint density at radius 1 is 1.20 bits per heavy atom. The maximum absolute atomic E-state index is 6.19. The van der Waals surface area contributed by atoms with E-state index >= 15 is 0 Å². The summed E-state index contributed by atoms with van der Waals surface area (Å²) in [5.41, 5.74) is 7.18. The minimum Gasteiger partial charge on any atom is -0.399 e. The molecular formula is C14H15ClN4O. The van der Waals surface area contributed by atoms with Crippen molar-refractivity contribution in [1.82, 2.24) is 9.97 Å². The molecule has 1 saturated heterocycles. The molecule has 104 valence electrons. The van der Waals surface area contributed by atoms with Crippen molar-refractivity contribution in [2.45, 2.75) is 11.7 Å². The first-order valence-corrected chi connectivity index (χ1v) is 6.83. The van der Waals surface area contributed by atoms with E-state index in [0.717, 1.165) is 11.4 Å². The number of halogens is 1. The molecule has 0 radical (unpaired) electrons. The van der Waals surface area contributed by atoms with Crippen LogP contribution in [0.3, 0.4) is 0 Å². The van der Waals surface area contributed by atoms with E-state index in [1.54, 1.807) is 18.5 Å². The highest BCUT2D eigenvalue weighted by atomic mass is 35.5. The third kappa shape index (κ3) is 2.84. The molecule has 1 aliphatic heterocycles. The highest BCUT2D eigenvalue weighted by Gasteiger charge is 2.29. The molecule has 2 unspecified atom stereocenters. The maximum Gasteiger partial charge on any atom is 0.158 e. The Labute approximate surface area is 122 Å². The lowest BCUT2D eigenvalue weighted by Crippen LogP contribution is -2.42. The number of alkyl halides is 1. The molecule has 3 rings (SSSR count). The number of nitrogens with zero attached hydrogens (tertiary/aromatic N) is 3.